The molecule has 1 aliphatic rings. The van der Waals surface area contributed by atoms with Crippen molar-refractivity contribution in [3.63, 3.8) is 0 Å². The lowest BCUT2D eigenvalue weighted by Crippen LogP contribution is -2.27. The lowest BCUT2D eigenvalue weighted by molar-refractivity contribution is -0.149. The normalized spacial score (nSPS) is 26.5. The van der Waals surface area contributed by atoms with Crippen LogP contribution in [0.1, 0.15) is 32.6 Å². The molecule has 0 spiro atoms. The molecule has 1 saturated carbocycles. The predicted molar refractivity (Wildman–Crippen MR) is 70.2 cm³/mol. The first kappa shape index (κ1) is 13.8. The minimum Gasteiger partial charge on any atom is -0.466 e. The Hall–Kier alpha value is -0.313. The fourth-order valence-electron chi connectivity index (χ4n) is 2.22. The van der Waals surface area contributed by atoms with Crippen LogP contribution < -0.4 is 0 Å². The summed E-state index contributed by atoms with van der Waals surface area (Å²) in [5, 5.41) is 0. The van der Waals surface area contributed by atoms with Gasteiger partial charge in [0, 0.05) is 8.07 Å². The highest BCUT2D eigenvalue weighted by Crippen LogP contribution is 2.29. The van der Waals surface area contributed by atoms with Crippen LogP contribution in [0.4, 0.5) is 0 Å². The van der Waals surface area contributed by atoms with Crippen molar-refractivity contribution in [2.75, 3.05) is 6.61 Å². The molecule has 1 aliphatic carbocycles. The molecule has 0 N–H and O–H groups in total. The summed E-state index contributed by atoms with van der Waals surface area (Å²) in [5.41, 5.74) is 0. The average molecular weight is 242 g/mol. The van der Waals surface area contributed by atoms with Gasteiger partial charge in [-0.15, -0.1) is 0 Å². The Morgan fingerprint density at radius 2 is 2.00 bits per heavy atom. The van der Waals surface area contributed by atoms with E-state index in [-0.39, 0.29) is 11.9 Å². The van der Waals surface area contributed by atoms with Gasteiger partial charge in [-0.2, -0.15) is 0 Å². The van der Waals surface area contributed by atoms with E-state index >= 15 is 0 Å². The van der Waals surface area contributed by atoms with Crippen LogP contribution in [0.15, 0.2) is 0 Å². The van der Waals surface area contributed by atoms with Crippen molar-refractivity contribution in [2.45, 2.75) is 58.3 Å². The molecule has 0 unspecified atom stereocenters. The van der Waals surface area contributed by atoms with Crippen LogP contribution in [-0.4, -0.2) is 20.7 Å². The molecule has 0 radical (unpaired) electrons. The number of rotatable bonds is 4. The number of ether oxygens (including phenoxy) is 1. The van der Waals surface area contributed by atoms with Crippen LogP contribution in [-0.2, 0) is 9.53 Å². The Kier molecular flexibility index (Phi) is 5.03. The van der Waals surface area contributed by atoms with Gasteiger partial charge in [0.25, 0.3) is 0 Å². The first-order chi connectivity index (χ1) is 7.38. The van der Waals surface area contributed by atoms with Gasteiger partial charge in [0.2, 0.25) is 0 Å². The molecule has 16 heavy (non-hydrogen) atoms. The summed E-state index contributed by atoms with van der Waals surface area (Å²) in [4.78, 5) is 11.8. The molecule has 0 aliphatic heterocycles. The van der Waals surface area contributed by atoms with Gasteiger partial charge in [-0.3, -0.25) is 4.79 Å². The van der Waals surface area contributed by atoms with E-state index < -0.39 is 8.07 Å². The molecule has 1 fully saturated rings. The maximum absolute atomic E-state index is 11.8. The van der Waals surface area contributed by atoms with E-state index in [0.29, 0.717) is 12.5 Å². The molecule has 0 aromatic rings. The summed E-state index contributed by atoms with van der Waals surface area (Å²) in [6.07, 6.45) is 4.54. The maximum Gasteiger partial charge on any atom is 0.308 e. The van der Waals surface area contributed by atoms with E-state index in [2.05, 4.69) is 26.6 Å². The van der Waals surface area contributed by atoms with E-state index in [1.54, 1.807) is 0 Å². The average Bonchev–Trinajstić information content (AvgIpc) is 2.15. The Bertz CT molecular complexity index is 233. The Morgan fingerprint density at radius 3 is 2.56 bits per heavy atom. The molecule has 0 amide bonds. The van der Waals surface area contributed by atoms with Crippen molar-refractivity contribution in [2.24, 2.45) is 11.8 Å². The summed E-state index contributed by atoms with van der Waals surface area (Å²) < 4.78 is 5.40. The van der Waals surface area contributed by atoms with Gasteiger partial charge < -0.3 is 4.74 Å². The highest BCUT2D eigenvalue weighted by Gasteiger charge is 2.26. The van der Waals surface area contributed by atoms with Gasteiger partial charge in [0.1, 0.15) is 0 Å². The summed E-state index contributed by atoms with van der Waals surface area (Å²) in [7, 11) is -1.06. The van der Waals surface area contributed by atoms with Crippen molar-refractivity contribution in [3.8, 4) is 0 Å². The quantitative estimate of drug-likeness (QED) is 0.555. The zero-order valence-corrected chi connectivity index (χ0v) is 12.2. The van der Waals surface area contributed by atoms with Crippen molar-refractivity contribution in [1.82, 2.24) is 0 Å². The Morgan fingerprint density at radius 1 is 1.31 bits per heavy atom. The third kappa shape index (κ3) is 5.15. The van der Waals surface area contributed by atoms with Gasteiger partial charge in [-0.1, -0.05) is 39.4 Å². The molecule has 3 heteroatoms. The molecule has 2 atom stereocenters. The largest absolute Gasteiger partial charge is 0.466 e. The fraction of sp³-hybridized carbons (Fsp3) is 0.923. The SMILES string of the molecule is C[C@@H]1CCC[C@@H](C(=O)OCC[Si](C)(C)C)C1. The minimum atomic E-state index is -1.06. The number of hydrogen-bond donors (Lipinski definition) is 0. The molecular formula is C13H26O2Si. The van der Waals surface area contributed by atoms with E-state index in [1.807, 2.05) is 0 Å². The zero-order valence-electron chi connectivity index (χ0n) is 11.2. The smallest absolute Gasteiger partial charge is 0.308 e. The lowest BCUT2D eigenvalue weighted by Gasteiger charge is -2.25. The molecule has 1 rings (SSSR count). The highest BCUT2D eigenvalue weighted by atomic mass is 28.3. The highest BCUT2D eigenvalue weighted by molar-refractivity contribution is 6.76. The third-order valence-corrected chi connectivity index (χ3v) is 5.07. The van der Waals surface area contributed by atoms with Gasteiger partial charge in [-0.05, 0) is 24.8 Å². The summed E-state index contributed by atoms with van der Waals surface area (Å²) in [6, 6.07) is 1.08. The maximum atomic E-state index is 11.8. The summed E-state index contributed by atoms with van der Waals surface area (Å²) in [5.74, 6) is 0.943. The zero-order chi connectivity index (χ0) is 12.2. The molecule has 0 aromatic heterocycles. The lowest BCUT2D eigenvalue weighted by atomic mass is 9.82. The van der Waals surface area contributed by atoms with Crippen LogP contribution in [0.2, 0.25) is 25.7 Å². The van der Waals surface area contributed by atoms with E-state index in [4.69, 9.17) is 4.74 Å². The van der Waals surface area contributed by atoms with Crippen LogP contribution in [0.5, 0.6) is 0 Å². The number of carbonyl (C=O) groups excluding carboxylic acids is 1. The second-order valence-electron chi connectivity index (χ2n) is 6.45. The van der Waals surface area contributed by atoms with Gasteiger partial charge in [0.05, 0.1) is 12.5 Å². The predicted octanol–water partition coefficient (Wildman–Crippen LogP) is 3.69. The Labute approximate surface area is 101 Å². The molecule has 0 saturated heterocycles. The number of esters is 1. The van der Waals surface area contributed by atoms with Crippen LogP contribution in [0, 0.1) is 11.8 Å². The Balaban J connectivity index is 2.24. The molecule has 2 nitrogen and oxygen atoms in total. The minimum absolute atomic E-state index is 0.0600. The van der Waals surface area contributed by atoms with E-state index in [9.17, 15) is 4.79 Å². The van der Waals surface area contributed by atoms with Crippen LogP contribution in [0.25, 0.3) is 0 Å². The van der Waals surface area contributed by atoms with Crippen molar-refractivity contribution in [3.05, 3.63) is 0 Å². The van der Waals surface area contributed by atoms with Gasteiger partial charge in [0.15, 0.2) is 0 Å². The fourth-order valence-corrected chi connectivity index (χ4v) is 2.94. The summed E-state index contributed by atoms with van der Waals surface area (Å²) in [6.45, 7) is 9.80. The first-order valence-electron chi connectivity index (χ1n) is 6.55. The second-order valence-corrected chi connectivity index (χ2v) is 12.1. The second kappa shape index (κ2) is 5.85. The monoisotopic (exact) mass is 242 g/mol. The molecule has 94 valence electrons. The standard InChI is InChI=1S/C13H26O2Si/c1-11-6-5-7-12(10-11)13(14)15-8-9-16(2,3)4/h11-12H,5-10H2,1-4H3/t11-,12-/m1/s1. The van der Waals surface area contributed by atoms with Crippen LogP contribution >= 0.6 is 0 Å². The van der Waals surface area contributed by atoms with Gasteiger partial charge >= 0.3 is 5.97 Å². The van der Waals surface area contributed by atoms with Crippen LogP contribution in [0.3, 0.4) is 0 Å². The van der Waals surface area contributed by atoms with Gasteiger partial charge in [-0.25, -0.2) is 0 Å². The molecule has 0 bridgehead atoms. The topological polar surface area (TPSA) is 26.3 Å². The molecule has 0 aromatic carbocycles. The number of hydrogen-bond acceptors (Lipinski definition) is 2. The summed E-state index contributed by atoms with van der Waals surface area (Å²) >= 11 is 0. The van der Waals surface area contributed by atoms with E-state index in [0.717, 1.165) is 18.9 Å². The third-order valence-electron chi connectivity index (χ3n) is 3.37. The van der Waals surface area contributed by atoms with Crippen molar-refractivity contribution < 1.29 is 9.53 Å². The molecular weight excluding hydrogens is 216 g/mol. The van der Waals surface area contributed by atoms with E-state index in [1.165, 1.54) is 12.8 Å². The first-order valence-corrected chi connectivity index (χ1v) is 10.3. The molecule has 0 heterocycles. The van der Waals surface area contributed by atoms with Crippen molar-refractivity contribution >= 4 is 14.0 Å². The van der Waals surface area contributed by atoms with Crippen molar-refractivity contribution in [1.29, 1.82) is 0 Å². The number of carbonyl (C=O) groups is 1.